The molecule has 0 aromatic carbocycles. The van der Waals surface area contributed by atoms with Gasteiger partial charge in [0.25, 0.3) is 0 Å². The quantitative estimate of drug-likeness (QED) is 0.391. The van der Waals surface area contributed by atoms with Crippen LogP contribution in [-0.4, -0.2) is 51.9 Å². The first kappa shape index (κ1) is 22.3. The maximum atomic E-state index is 13.2. The lowest BCUT2D eigenvalue weighted by Gasteiger charge is -2.16. The highest BCUT2D eigenvalue weighted by atomic mass is 32.2. The first-order chi connectivity index (χ1) is 15.2. The molecule has 168 valence electrons. The normalized spacial score (nSPS) is 12.9. The summed E-state index contributed by atoms with van der Waals surface area (Å²) in [6, 6.07) is 3.85. The molecule has 0 radical (unpaired) electrons. The SMILES string of the molecule is Cn1nccc1-c1cc(-c2cnc(NCCO)nc2)nc2sc(S(=O)C(C)(C)C)c(N)c12. The largest absolute Gasteiger partial charge is 0.396 e. The second-order valence-electron chi connectivity index (χ2n) is 8.21. The number of fused-ring (bicyclic) bond motifs is 1. The Bertz CT molecular complexity index is 1290. The van der Waals surface area contributed by atoms with Gasteiger partial charge in [0.15, 0.2) is 0 Å². The molecule has 1 atom stereocenters. The Labute approximate surface area is 192 Å². The number of nitrogens with one attached hydrogen (secondary N) is 1. The number of aliphatic hydroxyl groups is 1. The molecule has 0 saturated heterocycles. The molecule has 4 aromatic rings. The second kappa shape index (κ2) is 8.57. The standard InChI is InChI=1S/C21H25N7O2S2/c1-21(2,3)32(30)19-17(22)16-13(15-5-6-26-28(15)4)9-14(27-18(16)31-19)12-10-24-20(25-11-12)23-7-8-29/h5-6,9-11,29H,7-8,22H2,1-4H3,(H,23,24,25). The Morgan fingerprint density at radius 2 is 2.00 bits per heavy atom. The van der Waals surface area contributed by atoms with E-state index in [0.29, 0.717) is 32.9 Å². The fourth-order valence-electron chi connectivity index (χ4n) is 3.22. The molecule has 4 heterocycles. The van der Waals surface area contributed by atoms with E-state index in [0.717, 1.165) is 22.2 Å². The van der Waals surface area contributed by atoms with Gasteiger partial charge in [-0.1, -0.05) is 0 Å². The van der Waals surface area contributed by atoms with Crippen LogP contribution in [0.4, 0.5) is 11.6 Å². The van der Waals surface area contributed by atoms with E-state index >= 15 is 0 Å². The zero-order valence-corrected chi connectivity index (χ0v) is 19.9. The van der Waals surface area contributed by atoms with Crippen LogP contribution >= 0.6 is 11.3 Å². The minimum absolute atomic E-state index is 0.00450. The number of nitrogens with two attached hydrogens (primary N) is 1. The van der Waals surface area contributed by atoms with E-state index < -0.39 is 15.5 Å². The number of aromatic nitrogens is 5. The van der Waals surface area contributed by atoms with E-state index in [2.05, 4.69) is 20.4 Å². The summed E-state index contributed by atoms with van der Waals surface area (Å²) in [4.78, 5) is 14.1. The van der Waals surface area contributed by atoms with Gasteiger partial charge in [-0.3, -0.25) is 8.89 Å². The molecule has 0 fully saturated rings. The van der Waals surface area contributed by atoms with Gasteiger partial charge in [-0.15, -0.1) is 11.3 Å². The third kappa shape index (κ3) is 4.10. The summed E-state index contributed by atoms with van der Waals surface area (Å²) in [7, 11) is 0.579. The van der Waals surface area contributed by atoms with Crippen molar-refractivity contribution in [3.05, 3.63) is 30.7 Å². The molecule has 11 heteroatoms. The Kier molecular flexibility index (Phi) is 5.97. The van der Waals surface area contributed by atoms with Crippen LogP contribution in [0.15, 0.2) is 34.9 Å². The molecule has 4 aromatic heterocycles. The summed E-state index contributed by atoms with van der Waals surface area (Å²) in [5.74, 6) is 0.430. The number of anilines is 2. The number of hydrogen-bond acceptors (Lipinski definition) is 9. The van der Waals surface area contributed by atoms with Gasteiger partial charge in [-0.25, -0.2) is 15.0 Å². The van der Waals surface area contributed by atoms with E-state index in [1.54, 1.807) is 23.3 Å². The van der Waals surface area contributed by atoms with Crippen molar-refractivity contribution in [1.82, 2.24) is 24.7 Å². The Balaban J connectivity index is 1.91. The van der Waals surface area contributed by atoms with Crippen molar-refractivity contribution in [2.24, 2.45) is 7.05 Å². The zero-order chi connectivity index (χ0) is 23.0. The van der Waals surface area contributed by atoms with Crippen molar-refractivity contribution in [1.29, 1.82) is 0 Å². The van der Waals surface area contributed by atoms with Crippen LogP contribution in [0.1, 0.15) is 20.8 Å². The van der Waals surface area contributed by atoms with Crippen LogP contribution in [0.5, 0.6) is 0 Å². The summed E-state index contributed by atoms with van der Waals surface area (Å²) in [6.07, 6.45) is 5.08. The lowest BCUT2D eigenvalue weighted by Crippen LogP contribution is -2.21. The highest BCUT2D eigenvalue weighted by Crippen LogP contribution is 2.43. The number of nitrogen functional groups attached to an aromatic ring is 1. The fourth-order valence-corrected chi connectivity index (χ4v) is 6.22. The van der Waals surface area contributed by atoms with Crippen LogP contribution in [0.3, 0.4) is 0 Å². The monoisotopic (exact) mass is 471 g/mol. The van der Waals surface area contributed by atoms with Crippen LogP contribution in [0.2, 0.25) is 0 Å². The van der Waals surface area contributed by atoms with Gasteiger partial charge in [0.1, 0.15) is 9.04 Å². The zero-order valence-electron chi connectivity index (χ0n) is 18.3. The average molecular weight is 472 g/mol. The van der Waals surface area contributed by atoms with Crippen LogP contribution in [0.25, 0.3) is 32.7 Å². The van der Waals surface area contributed by atoms with E-state index in [4.69, 9.17) is 15.8 Å². The minimum atomic E-state index is -1.29. The van der Waals surface area contributed by atoms with Gasteiger partial charge in [0.05, 0.1) is 34.5 Å². The topological polar surface area (TPSA) is 132 Å². The van der Waals surface area contributed by atoms with Crippen molar-refractivity contribution in [3.8, 4) is 22.5 Å². The first-order valence-corrected chi connectivity index (χ1v) is 12.0. The predicted molar refractivity (Wildman–Crippen MR) is 129 cm³/mol. The van der Waals surface area contributed by atoms with Gasteiger partial charge in [0, 0.05) is 53.4 Å². The Morgan fingerprint density at radius 3 is 2.59 bits per heavy atom. The molecule has 0 aliphatic carbocycles. The number of hydrogen-bond donors (Lipinski definition) is 3. The molecule has 32 heavy (non-hydrogen) atoms. The molecule has 1 unspecified atom stereocenters. The van der Waals surface area contributed by atoms with Gasteiger partial charge in [-0.2, -0.15) is 5.10 Å². The molecule has 4 rings (SSSR count). The predicted octanol–water partition coefficient (Wildman–Crippen LogP) is 3.05. The van der Waals surface area contributed by atoms with E-state index in [1.165, 1.54) is 11.3 Å². The number of pyridine rings is 1. The summed E-state index contributed by atoms with van der Waals surface area (Å²) in [5.41, 5.74) is 10.2. The molecule has 4 N–H and O–H groups in total. The summed E-state index contributed by atoms with van der Waals surface area (Å²) in [5, 5.41) is 17.0. The number of nitrogens with zero attached hydrogens (tertiary/aromatic N) is 5. The van der Waals surface area contributed by atoms with Gasteiger partial charge >= 0.3 is 0 Å². The van der Waals surface area contributed by atoms with Crippen molar-refractivity contribution in [2.45, 2.75) is 29.7 Å². The lowest BCUT2D eigenvalue weighted by molar-refractivity contribution is 0.311. The highest BCUT2D eigenvalue weighted by molar-refractivity contribution is 7.89. The lowest BCUT2D eigenvalue weighted by atomic mass is 10.1. The smallest absolute Gasteiger partial charge is 0.222 e. The number of rotatable bonds is 6. The summed E-state index contributed by atoms with van der Waals surface area (Å²) < 4.78 is 15.1. The van der Waals surface area contributed by atoms with Gasteiger partial charge < -0.3 is 16.2 Å². The average Bonchev–Trinajstić information content (AvgIpc) is 3.34. The van der Waals surface area contributed by atoms with Gasteiger partial charge in [0.2, 0.25) is 5.95 Å². The van der Waals surface area contributed by atoms with Gasteiger partial charge in [-0.05, 0) is 32.9 Å². The number of thiophene rings is 1. The number of aliphatic hydroxyl groups excluding tert-OH is 1. The van der Waals surface area contributed by atoms with Crippen LogP contribution < -0.4 is 11.1 Å². The van der Waals surface area contributed by atoms with Crippen molar-refractivity contribution < 1.29 is 9.32 Å². The van der Waals surface area contributed by atoms with E-state index in [-0.39, 0.29) is 6.61 Å². The summed E-state index contributed by atoms with van der Waals surface area (Å²) in [6.45, 7) is 6.15. The summed E-state index contributed by atoms with van der Waals surface area (Å²) >= 11 is 1.35. The molecule has 0 amide bonds. The van der Waals surface area contributed by atoms with E-state index in [1.807, 2.05) is 40.0 Å². The molecule has 0 bridgehead atoms. The minimum Gasteiger partial charge on any atom is -0.396 e. The molecular weight excluding hydrogens is 446 g/mol. The Hall–Kier alpha value is -2.89. The molecule has 0 spiro atoms. The maximum Gasteiger partial charge on any atom is 0.222 e. The number of aryl methyl sites for hydroxylation is 1. The van der Waals surface area contributed by atoms with Crippen LogP contribution in [-0.2, 0) is 17.8 Å². The first-order valence-electron chi connectivity index (χ1n) is 10.0. The van der Waals surface area contributed by atoms with Crippen molar-refractivity contribution in [2.75, 3.05) is 24.2 Å². The van der Waals surface area contributed by atoms with E-state index in [9.17, 15) is 4.21 Å². The molecule has 0 aliphatic rings. The highest BCUT2D eigenvalue weighted by Gasteiger charge is 2.28. The Morgan fingerprint density at radius 1 is 1.28 bits per heavy atom. The molecule has 0 aliphatic heterocycles. The third-order valence-electron chi connectivity index (χ3n) is 4.83. The second-order valence-corrected chi connectivity index (χ2v) is 11.6. The van der Waals surface area contributed by atoms with Crippen molar-refractivity contribution in [3.63, 3.8) is 0 Å². The third-order valence-corrected chi connectivity index (χ3v) is 8.10. The fraction of sp³-hybridized carbons (Fsp3) is 0.333. The van der Waals surface area contributed by atoms with Crippen LogP contribution in [0, 0.1) is 0 Å². The molecule has 9 nitrogen and oxygen atoms in total. The van der Waals surface area contributed by atoms with Crippen molar-refractivity contribution >= 4 is 44.0 Å². The maximum absolute atomic E-state index is 13.2. The molecular formula is C21H25N7O2S2. The molecule has 0 saturated carbocycles.